The molecule has 0 radical (unpaired) electrons. The van der Waals surface area contributed by atoms with Gasteiger partial charge in [0.2, 0.25) is 15.6 Å². The number of carbonyl (C=O) groups excluding carboxylic acids is 1. The fourth-order valence-electron chi connectivity index (χ4n) is 3.85. The van der Waals surface area contributed by atoms with Gasteiger partial charge in [-0.15, -0.1) is 0 Å². The number of nitrogens with zero attached hydrogens (tertiary/aromatic N) is 1. The van der Waals surface area contributed by atoms with E-state index in [1.807, 2.05) is 13.8 Å². The summed E-state index contributed by atoms with van der Waals surface area (Å²) in [5.74, 6) is -0.333. The molecule has 1 aliphatic rings. The van der Waals surface area contributed by atoms with E-state index < -0.39 is 10.0 Å². The maximum absolute atomic E-state index is 13.1. The summed E-state index contributed by atoms with van der Waals surface area (Å²) in [6.07, 6.45) is 5.69. The Morgan fingerprint density at radius 3 is 2.59 bits per heavy atom. The van der Waals surface area contributed by atoms with Gasteiger partial charge >= 0.3 is 0 Å². The van der Waals surface area contributed by atoms with Gasteiger partial charge in [0.25, 0.3) is 5.91 Å². The number of nitrogens with one attached hydrogen (secondary N) is 2. The number of unbranched alkanes of at least 4 members (excludes halogenated alkanes) is 1. The summed E-state index contributed by atoms with van der Waals surface area (Å²) in [6, 6.07) is 5.90. The molecule has 0 saturated heterocycles. The maximum atomic E-state index is 13.1. The number of pyridine rings is 1. The van der Waals surface area contributed by atoms with Crippen molar-refractivity contribution in [2.24, 2.45) is 0 Å². The van der Waals surface area contributed by atoms with Crippen molar-refractivity contribution in [3.8, 4) is 0 Å². The Bertz CT molecular complexity index is 1040. The predicted octanol–water partition coefficient (Wildman–Crippen LogP) is 3.01. The number of carbonyl (C=O) groups is 1. The third kappa shape index (κ3) is 4.70. The van der Waals surface area contributed by atoms with Crippen LogP contribution < -0.4 is 10.9 Å². The average Bonchev–Trinajstić information content (AvgIpc) is 3.20. The van der Waals surface area contributed by atoms with Crippen LogP contribution in [0.4, 0.5) is 0 Å². The maximum Gasteiger partial charge on any atom is 0.252 e. The van der Waals surface area contributed by atoms with Crippen molar-refractivity contribution in [1.29, 1.82) is 0 Å². The summed E-state index contributed by atoms with van der Waals surface area (Å²) in [5.41, 5.74) is 0.275. The zero-order chi connectivity index (χ0) is 21.0. The number of hydrogen-bond donors (Lipinski definition) is 2. The lowest BCUT2D eigenvalue weighted by molar-refractivity contribution is 0.0939. The molecule has 0 unspecified atom stereocenters. The summed E-state index contributed by atoms with van der Waals surface area (Å²) in [7, 11) is -3.68. The third-order valence-electron chi connectivity index (χ3n) is 5.50. The fourth-order valence-corrected chi connectivity index (χ4v) is 5.36. The molecule has 1 heterocycles. The number of aromatic amines is 1. The summed E-state index contributed by atoms with van der Waals surface area (Å²) < 4.78 is 27.6. The Kier molecular flexibility index (Phi) is 6.74. The molecule has 0 atom stereocenters. The lowest BCUT2D eigenvalue weighted by Gasteiger charge is -2.20. The minimum Gasteiger partial charge on any atom is -0.349 e. The molecule has 1 aromatic carbocycles. The van der Waals surface area contributed by atoms with Crippen LogP contribution >= 0.6 is 0 Å². The highest BCUT2D eigenvalue weighted by Crippen LogP contribution is 2.24. The van der Waals surface area contributed by atoms with Gasteiger partial charge in [-0.2, -0.15) is 4.31 Å². The molecule has 2 N–H and O–H groups in total. The second-order valence-electron chi connectivity index (χ2n) is 7.56. The van der Waals surface area contributed by atoms with Gasteiger partial charge < -0.3 is 10.3 Å². The quantitative estimate of drug-likeness (QED) is 0.687. The summed E-state index contributed by atoms with van der Waals surface area (Å²) in [5, 5.41) is 3.42. The molecule has 158 valence electrons. The summed E-state index contributed by atoms with van der Waals surface area (Å²) in [4.78, 5) is 27.7. The zero-order valence-corrected chi connectivity index (χ0v) is 17.8. The van der Waals surface area contributed by atoms with E-state index >= 15 is 0 Å². The highest BCUT2D eigenvalue weighted by molar-refractivity contribution is 7.89. The van der Waals surface area contributed by atoms with E-state index in [4.69, 9.17) is 0 Å². The van der Waals surface area contributed by atoms with Crippen LogP contribution in [0.2, 0.25) is 0 Å². The van der Waals surface area contributed by atoms with Crippen LogP contribution in [-0.2, 0) is 10.0 Å². The van der Waals surface area contributed by atoms with Gasteiger partial charge in [-0.25, -0.2) is 8.42 Å². The number of H-pyrrole nitrogens is 1. The van der Waals surface area contributed by atoms with Crippen molar-refractivity contribution >= 4 is 26.8 Å². The minimum atomic E-state index is -3.68. The standard InChI is InChI=1S/C21H29N3O4S/c1-3-5-12-24(4-2)29(27,28)16-10-11-19-17(13-16)18(14-20(25)23-19)21(26)22-15-8-6-7-9-15/h10-11,13-15H,3-9,12H2,1-2H3,(H,22,26)(H,23,25). The average molecular weight is 420 g/mol. The Labute approximate surface area is 171 Å². The number of benzene rings is 1. The van der Waals surface area contributed by atoms with Crippen molar-refractivity contribution in [3.05, 3.63) is 40.2 Å². The van der Waals surface area contributed by atoms with Crippen LogP contribution in [-0.4, -0.2) is 42.7 Å². The number of fused-ring (bicyclic) bond motifs is 1. The van der Waals surface area contributed by atoms with Gasteiger partial charge in [0, 0.05) is 36.1 Å². The van der Waals surface area contributed by atoms with Crippen LogP contribution in [0.25, 0.3) is 10.9 Å². The molecule has 1 fully saturated rings. The molecule has 7 nitrogen and oxygen atoms in total. The van der Waals surface area contributed by atoms with E-state index in [1.54, 1.807) is 6.07 Å². The molecule has 29 heavy (non-hydrogen) atoms. The molecule has 1 saturated carbocycles. The van der Waals surface area contributed by atoms with E-state index in [0.29, 0.717) is 24.0 Å². The molecule has 0 spiro atoms. The number of aromatic nitrogens is 1. The summed E-state index contributed by atoms with van der Waals surface area (Å²) >= 11 is 0. The first kappa shape index (κ1) is 21.5. The number of amides is 1. The van der Waals surface area contributed by atoms with E-state index in [9.17, 15) is 18.0 Å². The second kappa shape index (κ2) is 9.09. The van der Waals surface area contributed by atoms with E-state index in [0.717, 1.165) is 38.5 Å². The third-order valence-corrected chi connectivity index (χ3v) is 7.47. The molecule has 3 rings (SSSR count). The highest BCUT2D eigenvalue weighted by atomic mass is 32.2. The molecule has 2 aromatic rings. The first-order valence-electron chi connectivity index (χ1n) is 10.3. The minimum absolute atomic E-state index is 0.105. The molecule has 0 bridgehead atoms. The second-order valence-corrected chi connectivity index (χ2v) is 9.50. The zero-order valence-electron chi connectivity index (χ0n) is 17.0. The Hall–Kier alpha value is -2.19. The molecule has 1 aliphatic carbocycles. The molecule has 8 heteroatoms. The molecule has 0 aliphatic heterocycles. The number of sulfonamides is 1. The van der Waals surface area contributed by atoms with Crippen molar-refractivity contribution in [1.82, 2.24) is 14.6 Å². The molecular weight excluding hydrogens is 390 g/mol. The predicted molar refractivity (Wildman–Crippen MR) is 114 cm³/mol. The fraction of sp³-hybridized carbons (Fsp3) is 0.524. The first-order chi connectivity index (χ1) is 13.9. The van der Waals surface area contributed by atoms with Gasteiger partial charge in [0.1, 0.15) is 0 Å². The SMILES string of the molecule is CCCCN(CC)S(=O)(=O)c1ccc2[nH]c(=O)cc(C(=O)NC3CCCC3)c2c1. The van der Waals surface area contributed by atoms with Crippen LogP contribution in [0.15, 0.2) is 34.0 Å². The van der Waals surface area contributed by atoms with Crippen LogP contribution in [0.3, 0.4) is 0 Å². The van der Waals surface area contributed by atoms with Crippen molar-refractivity contribution in [3.63, 3.8) is 0 Å². The van der Waals surface area contributed by atoms with E-state index in [1.165, 1.54) is 22.5 Å². The van der Waals surface area contributed by atoms with Gasteiger partial charge in [-0.3, -0.25) is 9.59 Å². The molecular formula is C21H29N3O4S. The Morgan fingerprint density at radius 1 is 1.21 bits per heavy atom. The number of hydrogen-bond acceptors (Lipinski definition) is 4. The Balaban J connectivity index is 2.02. The van der Waals surface area contributed by atoms with E-state index in [2.05, 4.69) is 10.3 Å². The monoisotopic (exact) mass is 419 g/mol. The van der Waals surface area contributed by atoms with Crippen molar-refractivity contribution in [2.75, 3.05) is 13.1 Å². The van der Waals surface area contributed by atoms with Gasteiger partial charge in [0.05, 0.1) is 10.5 Å². The van der Waals surface area contributed by atoms with Crippen molar-refractivity contribution < 1.29 is 13.2 Å². The van der Waals surface area contributed by atoms with Crippen LogP contribution in [0, 0.1) is 0 Å². The summed E-state index contributed by atoms with van der Waals surface area (Å²) in [6.45, 7) is 4.66. The van der Waals surface area contributed by atoms with Gasteiger partial charge in [-0.05, 0) is 37.5 Å². The van der Waals surface area contributed by atoms with Gasteiger partial charge in [-0.1, -0.05) is 33.1 Å². The first-order valence-corrected chi connectivity index (χ1v) is 11.8. The largest absolute Gasteiger partial charge is 0.349 e. The topological polar surface area (TPSA) is 99.3 Å². The highest BCUT2D eigenvalue weighted by Gasteiger charge is 2.25. The van der Waals surface area contributed by atoms with Gasteiger partial charge in [0.15, 0.2) is 0 Å². The molecule has 1 aromatic heterocycles. The Morgan fingerprint density at radius 2 is 1.93 bits per heavy atom. The normalized spacial score (nSPS) is 15.3. The lowest BCUT2D eigenvalue weighted by Crippen LogP contribution is -2.33. The smallest absolute Gasteiger partial charge is 0.252 e. The van der Waals surface area contributed by atoms with Crippen LogP contribution in [0.1, 0.15) is 62.7 Å². The van der Waals surface area contributed by atoms with Crippen molar-refractivity contribution in [2.45, 2.75) is 63.3 Å². The lowest BCUT2D eigenvalue weighted by atomic mass is 10.1. The molecule has 1 amide bonds. The van der Waals surface area contributed by atoms with E-state index in [-0.39, 0.29) is 28.0 Å². The number of rotatable bonds is 8. The van der Waals surface area contributed by atoms with Crippen LogP contribution in [0.5, 0.6) is 0 Å².